The van der Waals surface area contributed by atoms with Gasteiger partial charge in [-0.2, -0.15) is 0 Å². The maximum Gasteiger partial charge on any atom is 0.334 e. The summed E-state index contributed by atoms with van der Waals surface area (Å²) in [6.07, 6.45) is -0.397. The Bertz CT molecular complexity index is 438. The lowest BCUT2D eigenvalue weighted by Gasteiger charge is -2.12. The molecule has 1 aromatic carbocycles. The third-order valence-electron chi connectivity index (χ3n) is 2.63. The number of amides is 2. The molecule has 0 aliphatic rings. The number of carbonyl (C=O) groups is 2. The fourth-order valence-corrected chi connectivity index (χ4v) is 1.50. The van der Waals surface area contributed by atoms with E-state index in [1.807, 2.05) is 30.3 Å². The van der Waals surface area contributed by atoms with Crippen molar-refractivity contribution in [3.05, 3.63) is 30.3 Å². The molecule has 0 heterocycles. The summed E-state index contributed by atoms with van der Waals surface area (Å²) in [5.74, 6) is -0.333. The number of methoxy groups -OCH3 is 1. The Hall–Kier alpha value is -2.28. The quantitative estimate of drug-likeness (QED) is 0.587. The van der Waals surface area contributed by atoms with Crippen LogP contribution in [0.1, 0.15) is 6.42 Å². The molecule has 0 aliphatic carbocycles. The minimum absolute atomic E-state index is 0.0851. The van der Waals surface area contributed by atoms with Gasteiger partial charge in [-0.1, -0.05) is 18.2 Å². The zero-order valence-corrected chi connectivity index (χ0v) is 11.9. The van der Waals surface area contributed by atoms with Crippen molar-refractivity contribution in [2.24, 2.45) is 0 Å². The number of ether oxygens (including phenoxy) is 2. The van der Waals surface area contributed by atoms with Crippen molar-refractivity contribution >= 4 is 12.0 Å². The molecule has 0 fully saturated rings. The molecule has 0 radical (unpaired) electrons. The number of carbonyl (C=O) groups excluding carboxylic acids is 1. The average molecular weight is 296 g/mol. The van der Waals surface area contributed by atoms with Crippen LogP contribution in [0.3, 0.4) is 0 Å². The van der Waals surface area contributed by atoms with E-state index < -0.39 is 18.1 Å². The number of carboxylic acids is 1. The molecule has 7 nitrogen and oxygen atoms in total. The fourth-order valence-electron chi connectivity index (χ4n) is 1.50. The third kappa shape index (κ3) is 7.17. The molecule has 0 bridgehead atoms. The molecule has 1 unspecified atom stereocenters. The van der Waals surface area contributed by atoms with Crippen LogP contribution >= 0.6 is 0 Å². The maximum absolute atomic E-state index is 11.4. The number of nitrogens with one attached hydrogen (secondary N) is 2. The summed E-state index contributed by atoms with van der Waals surface area (Å²) in [5, 5.41) is 13.8. The van der Waals surface area contributed by atoms with Crippen LogP contribution in [-0.2, 0) is 9.53 Å². The number of urea groups is 1. The Labute approximate surface area is 123 Å². The van der Waals surface area contributed by atoms with E-state index in [0.29, 0.717) is 19.6 Å². The number of rotatable bonds is 9. The van der Waals surface area contributed by atoms with Gasteiger partial charge in [-0.25, -0.2) is 9.59 Å². The summed E-state index contributed by atoms with van der Waals surface area (Å²) in [6.45, 7) is 0.835. The second-order valence-corrected chi connectivity index (χ2v) is 4.21. The van der Waals surface area contributed by atoms with Crippen LogP contribution in [-0.4, -0.2) is 50.0 Å². The number of aliphatic carboxylic acids is 1. The molecule has 1 aromatic rings. The van der Waals surface area contributed by atoms with Crippen molar-refractivity contribution in [3.63, 3.8) is 0 Å². The first kappa shape index (κ1) is 16.8. The largest absolute Gasteiger partial charge is 0.494 e. The molecule has 7 heteroatoms. The minimum atomic E-state index is -1.12. The molecule has 0 spiro atoms. The molecule has 0 aromatic heterocycles. The van der Waals surface area contributed by atoms with E-state index >= 15 is 0 Å². The van der Waals surface area contributed by atoms with E-state index in [9.17, 15) is 9.59 Å². The van der Waals surface area contributed by atoms with Gasteiger partial charge in [-0.3, -0.25) is 0 Å². The number of hydrogen-bond donors (Lipinski definition) is 3. The van der Waals surface area contributed by atoms with Gasteiger partial charge < -0.3 is 25.2 Å². The molecule has 2 amide bonds. The number of benzene rings is 1. The van der Waals surface area contributed by atoms with Gasteiger partial charge >= 0.3 is 12.0 Å². The first-order valence-corrected chi connectivity index (χ1v) is 6.58. The lowest BCUT2D eigenvalue weighted by molar-refractivity contribution is -0.147. The van der Waals surface area contributed by atoms with Crippen LogP contribution in [0.5, 0.6) is 5.75 Å². The molecule has 0 saturated carbocycles. The summed E-state index contributed by atoms with van der Waals surface area (Å²) in [4.78, 5) is 22.1. The Morgan fingerprint density at radius 1 is 1.24 bits per heavy atom. The van der Waals surface area contributed by atoms with Crippen LogP contribution in [0, 0.1) is 0 Å². The summed E-state index contributed by atoms with van der Waals surface area (Å²) in [6, 6.07) is 8.96. The predicted octanol–water partition coefficient (Wildman–Crippen LogP) is 0.854. The van der Waals surface area contributed by atoms with Gasteiger partial charge in [0.05, 0.1) is 13.2 Å². The van der Waals surface area contributed by atoms with Crippen LogP contribution in [0.15, 0.2) is 30.3 Å². The van der Waals surface area contributed by atoms with E-state index in [1.54, 1.807) is 0 Å². The monoisotopic (exact) mass is 296 g/mol. The van der Waals surface area contributed by atoms with E-state index in [4.69, 9.17) is 14.6 Å². The molecular weight excluding hydrogens is 276 g/mol. The zero-order valence-electron chi connectivity index (χ0n) is 11.9. The van der Waals surface area contributed by atoms with Crippen LogP contribution < -0.4 is 15.4 Å². The normalized spacial score (nSPS) is 11.5. The van der Waals surface area contributed by atoms with Crippen molar-refractivity contribution < 1.29 is 24.2 Å². The Morgan fingerprint density at radius 2 is 1.95 bits per heavy atom. The van der Waals surface area contributed by atoms with Crippen molar-refractivity contribution in [3.8, 4) is 5.75 Å². The van der Waals surface area contributed by atoms with Crippen LogP contribution in [0.2, 0.25) is 0 Å². The summed E-state index contributed by atoms with van der Waals surface area (Å²) in [5.41, 5.74) is 0. The average Bonchev–Trinajstić information content (AvgIpc) is 2.48. The zero-order chi connectivity index (χ0) is 15.5. The highest BCUT2D eigenvalue weighted by Crippen LogP contribution is 2.07. The van der Waals surface area contributed by atoms with Gasteiger partial charge in [0.1, 0.15) is 5.75 Å². The summed E-state index contributed by atoms with van der Waals surface area (Å²) < 4.78 is 10.2. The van der Waals surface area contributed by atoms with Gasteiger partial charge in [0.2, 0.25) is 0 Å². The van der Waals surface area contributed by atoms with Crippen LogP contribution in [0.4, 0.5) is 4.79 Å². The minimum Gasteiger partial charge on any atom is -0.494 e. The number of carboxylic acid groups (broad SMARTS) is 1. The van der Waals surface area contributed by atoms with Crippen molar-refractivity contribution in [1.82, 2.24) is 10.6 Å². The van der Waals surface area contributed by atoms with E-state index in [1.165, 1.54) is 7.11 Å². The Kier molecular flexibility index (Phi) is 7.67. The highest BCUT2D eigenvalue weighted by atomic mass is 16.5. The van der Waals surface area contributed by atoms with Gasteiger partial charge in [-0.15, -0.1) is 0 Å². The van der Waals surface area contributed by atoms with Gasteiger partial charge in [-0.05, 0) is 18.6 Å². The van der Waals surface area contributed by atoms with Crippen molar-refractivity contribution in [1.29, 1.82) is 0 Å². The fraction of sp³-hybridized carbons (Fsp3) is 0.429. The SMILES string of the molecule is COC(CNC(=O)NCCCOc1ccccc1)C(=O)O. The van der Waals surface area contributed by atoms with Gasteiger partial charge in [0.15, 0.2) is 6.10 Å². The molecule has 116 valence electrons. The molecule has 1 rings (SSSR count). The highest BCUT2D eigenvalue weighted by molar-refractivity contribution is 5.76. The smallest absolute Gasteiger partial charge is 0.334 e. The topological polar surface area (TPSA) is 96.9 Å². The molecular formula is C14H20N2O5. The molecule has 0 aliphatic heterocycles. The Balaban J connectivity index is 2.07. The predicted molar refractivity (Wildman–Crippen MR) is 76.4 cm³/mol. The van der Waals surface area contributed by atoms with Gasteiger partial charge in [0.25, 0.3) is 0 Å². The summed E-state index contributed by atoms with van der Waals surface area (Å²) in [7, 11) is 1.28. The number of para-hydroxylation sites is 1. The standard InChI is InChI=1S/C14H20N2O5/c1-20-12(13(17)18)10-16-14(19)15-8-5-9-21-11-6-3-2-4-7-11/h2-4,6-7,12H,5,8-10H2,1H3,(H,17,18)(H2,15,16,19). The molecule has 1 atom stereocenters. The molecule has 0 saturated heterocycles. The van der Waals surface area contributed by atoms with E-state index in [-0.39, 0.29) is 6.54 Å². The highest BCUT2D eigenvalue weighted by Gasteiger charge is 2.16. The first-order valence-electron chi connectivity index (χ1n) is 6.58. The number of hydrogen-bond acceptors (Lipinski definition) is 4. The second kappa shape index (κ2) is 9.60. The van der Waals surface area contributed by atoms with E-state index in [2.05, 4.69) is 10.6 Å². The Morgan fingerprint density at radius 3 is 2.57 bits per heavy atom. The van der Waals surface area contributed by atoms with E-state index in [0.717, 1.165) is 5.75 Å². The maximum atomic E-state index is 11.4. The summed E-state index contributed by atoms with van der Waals surface area (Å²) >= 11 is 0. The van der Waals surface area contributed by atoms with Crippen molar-refractivity contribution in [2.75, 3.05) is 26.8 Å². The molecule has 3 N–H and O–H groups in total. The third-order valence-corrected chi connectivity index (χ3v) is 2.63. The van der Waals surface area contributed by atoms with Crippen molar-refractivity contribution in [2.45, 2.75) is 12.5 Å². The second-order valence-electron chi connectivity index (χ2n) is 4.21. The lowest BCUT2D eigenvalue weighted by Crippen LogP contribution is -2.43. The first-order chi connectivity index (χ1) is 10.1. The molecule has 21 heavy (non-hydrogen) atoms. The van der Waals surface area contributed by atoms with Gasteiger partial charge in [0, 0.05) is 13.7 Å². The lowest BCUT2D eigenvalue weighted by atomic mass is 10.3. The van der Waals surface area contributed by atoms with Crippen LogP contribution in [0.25, 0.3) is 0 Å².